The highest BCUT2D eigenvalue weighted by Crippen LogP contribution is 2.27. The first-order valence-electron chi connectivity index (χ1n) is 8.36. The summed E-state index contributed by atoms with van der Waals surface area (Å²) in [5, 5.41) is 3.78. The third kappa shape index (κ3) is 5.41. The summed E-state index contributed by atoms with van der Waals surface area (Å²) in [6.07, 6.45) is 10.0. The molecule has 1 saturated carbocycles. The summed E-state index contributed by atoms with van der Waals surface area (Å²) in [4.78, 5) is 4.99. The molecule has 0 aromatic rings. The molecule has 0 spiro atoms. The Morgan fingerprint density at radius 2 is 1.89 bits per heavy atom. The van der Waals surface area contributed by atoms with E-state index in [0.29, 0.717) is 0 Å². The SMILES string of the molecule is CN(C)CCCCN1CCNC(C2CCCCC2)C1. The topological polar surface area (TPSA) is 18.5 Å². The maximum atomic E-state index is 3.78. The van der Waals surface area contributed by atoms with Crippen LogP contribution in [-0.2, 0) is 0 Å². The molecule has 1 saturated heterocycles. The zero-order valence-electron chi connectivity index (χ0n) is 13.0. The van der Waals surface area contributed by atoms with E-state index in [2.05, 4.69) is 29.2 Å². The lowest BCUT2D eigenvalue weighted by atomic mass is 9.83. The van der Waals surface area contributed by atoms with Gasteiger partial charge in [-0.1, -0.05) is 19.3 Å². The molecular formula is C16H33N3. The fraction of sp³-hybridized carbons (Fsp3) is 1.00. The first kappa shape index (κ1) is 15.3. The van der Waals surface area contributed by atoms with E-state index in [1.807, 2.05) is 0 Å². The first-order valence-corrected chi connectivity index (χ1v) is 8.36. The van der Waals surface area contributed by atoms with Gasteiger partial charge in [0.2, 0.25) is 0 Å². The van der Waals surface area contributed by atoms with Crippen LogP contribution >= 0.6 is 0 Å². The van der Waals surface area contributed by atoms with Crippen molar-refractivity contribution >= 4 is 0 Å². The summed E-state index contributed by atoms with van der Waals surface area (Å²) >= 11 is 0. The molecule has 0 aromatic heterocycles. The Hall–Kier alpha value is -0.120. The Labute approximate surface area is 119 Å². The van der Waals surface area contributed by atoms with Crippen LogP contribution < -0.4 is 5.32 Å². The van der Waals surface area contributed by atoms with Crippen molar-refractivity contribution in [2.75, 3.05) is 46.8 Å². The monoisotopic (exact) mass is 267 g/mol. The third-order valence-electron chi connectivity index (χ3n) is 4.84. The van der Waals surface area contributed by atoms with Gasteiger partial charge in [0.25, 0.3) is 0 Å². The minimum Gasteiger partial charge on any atom is -0.311 e. The van der Waals surface area contributed by atoms with Gasteiger partial charge in [-0.2, -0.15) is 0 Å². The maximum Gasteiger partial charge on any atom is 0.0223 e. The van der Waals surface area contributed by atoms with Crippen molar-refractivity contribution in [2.24, 2.45) is 5.92 Å². The van der Waals surface area contributed by atoms with Crippen LogP contribution in [-0.4, -0.2) is 62.7 Å². The molecule has 3 heteroatoms. The lowest BCUT2D eigenvalue weighted by Crippen LogP contribution is -2.54. The van der Waals surface area contributed by atoms with Crippen LogP contribution in [0, 0.1) is 5.92 Å². The molecule has 3 nitrogen and oxygen atoms in total. The summed E-state index contributed by atoms with van der Waals surface area (Å²) in [7, 11) is 4.34. The quantitative estimate of drug-likeness (QED) is 0.744. The Balaban J connectivity index is 1.65. The second kappa shape index (κ2) is 8.23. The van der Waals surface area contributed by atoms with Gasteiger partial charge >= 0.3 is 0 Å². The maximum absolute atomic E-state index is 3.78. The largest absolute Gasteiger partial charge is 0.311 e. The van der Waals surface area contributed by atoms with Crippen LogP contribution in [0.15, 0.2) is 0 Å². The molecule has 1 atom stereocenters. The molecule has 112 valence electrons. The highest BCUT2D eigenvalue weighted by atomic mass is 15.2. The van der Waals surface area contributed by atoms with E-state index < -0.39 is 0 Å². The zero-order chi connectivity index (χ0) is 13.5. The first-order chi connectivity index (χ1) is 9.25. The van der Waals surface area contributed by atoms with Gasteiger partial charge in [-0.25, -0.2) is 0 Å². The summed E-state index contributed by atoms with van der Waals surface area (Å²) in [5.41, 5.74) is 0. The molecule has 1 heterocycles. The van der Waals surface area contributed by atoms with Crippen LogP contribution in [0.5, 0.6) is 0 Å². The number of piperazine rings is 1. The molecule has 2 aliphatic rings. The van der Waals surface area contributed by atoms with Gasteiger partial charge in [0.15, 0.2) is 0 Å². The van der Waals surface area contributed by atoms with E-state index in [1.54, 1.807) is 0 Å². The van der Waals surface area contributed by atoms with Crippen molar-refractivity contribution in [3.8, 4) is 0 Å². The van der Waals surface area contributed by atoms with Gasteiger partial charge in [-0.05, 0) is 58.8 Å². The predicted molar refractivity (Wildman–Crippen MR) is 82.6 cm³/mol. The molecule has 1 unspecified atom stereocenters. The fourth-order valence-corrected chi connectivity index (χ4v) is 3.66. The molecule has 1 aliphatic carbocycles. The number of nitrogens with one attached hydrogen (secondary N) is 1. The molecule has 0 aromatic carbocycles. The smallest absolute Gasteiger partial charge is 0.0223 e. The molecule has 2 rings (SSSR count). The second-order valence-corrected chi connectivity index (χ2v) is 6.77. The number of nitrogens with zero attached hydrogens (tertiary/aromatic N) is 2. The lowest BCUT2D eigenvalue weighted by molar-refractivity contribution is 0.144. The van der Waals surface area contributed by atoms with Crippen LogP contribution in [0.3, 0.4) is 0 Å². The molecule has 0 radical (unpaired) electrons. The van der Waals surface area contributed by atoms with Crippen LogP contribution in [0.2, 0.25) is 0 Å². The Morgan fingerprint density at radius 1 is 1.11 bits per heavy atom. The molecule has 19 heavy (non-hydrogen) atoms. The summed E-state index contributed by atoms with van der Waals surface area (Å²) in [6, 6.07) is 0.780. The van der Waals surface area contributed by atoms with Crippen LogP contribution in [0.4, 0.5) is 0 Å². The van der Waals surface area contributed by atoms with Gasteiger partial charge < -0.3 is 15.1 Å². The predicted octanol–water partition coefficient (Wildman–Crippen LogP) is 2.18. The van der Waals surface area contributed by atoms with E-state index in [-0.39, 0.29) is 0 Å². The number of hydrogen-bond acceptors (Lipinski definition) is 3. The molecule has 2 fully saturated rings. The van der Waals surface area contributed by atoms with Crippen LogP contribution in [0.25, 0.3) is 0 Å². The Morgan fingerprint density at radius 3 is 2.63 bits per heavy atom. The molecule has 1 aliphatic heterocycles. The lowest BCUT2D eigenvalue weighted by Gasteiger charge is -2.39. The third-order valence-corrected chi connectivity index (χ3v) is 4.84. The summed E-state index contributed by atoms with van der Waals surface area (Å²) < 4.78 is 0. The fourth-order valence-electron chi connectivity index (χ4n) is 3.66. The average molecular weight is 267 g/mol. The number of rotatable bonds is 6. The van der Waals surface area contributed by atoms with E-state index in [9.17, 15) is 0 Å². The van der Waals surface area contributed by atoms with E-state index >= 15 is 0 Å². The van der Waals surface area contributed by atoms with Gasteiger partial charge in [0.1, 0.15) is 0 Å². The molecular weight excluding hydrogens is 234 g/mol. The van der Waals surface area contributed by atoms with Gasteiger partial charge in [0, 0.05) is 25.7 Å². The standard InChI is InChI=1S/C16H33N3/c1-18(2)11-6-7-12-19-13-10-17-16(14-19)15-8-4-3-5-9-15/h15-17H,3-14H2,1-2H3. The van der Waals surface area contributed by atoms with Gasteiger partial charge in [0.05, 0.1) is 0 Å². The van der Waals surface area contributed by atoms with Gasteiger partial charge in [-0.15, -0.1) is 0 Å². The minimum atomic E-state index is 0.780. The highest BCUT2D eigenvalue weighted by molar-refractivity contribution is 4.85. The van der Waals surface area contributed by atoms with E-state index in [0.717, 1.165) is 12.0 Å². The van der Waals surface area contributed by atoms with Crippen molar-refractivity contribution in [1.82, 2.24) is 15.1 Å². The second-order valence-electron chi connectivity index (χ2n) is 6.77. The highest BCUT2D eigenvalue weighted by Gasteiger charge is 2.27. The van der Waals surface area contributed by atoms with Crippen molar-refractivity contribution in [1.29, 1.82) is 0 Å². The summed E-state index contributed by atoms with van der Waals surface area (Å²) in [5.74, 6) is 0.957. The van der Waals surface area contributed by atoms with E-state index in [1.165, 1.54) is 77.7 Å². The normalized spacial score (nSPS) is 27.0. The van der Waals surface area contributed by atoms with Crippen LogP contribution in [0.1, 0.15) is 44.9 Å². The zero-order valence-corrected chi connectivity index (χ0v) is 13.0. The molecule has 0 bridgehead atoms. The van der Waals surface area contributed by atoms with Crippen molar-refractivity contribution in [3.63, 3.8) is 0 Å². The number of unbranched alkanes of at least 4 members (excludes halogenated alkanes) is 1. The molecule has 1 N–H and O–H groups in total. The number of hydrogen-bond donors (Lipinski definition) is 1. The Bertz CT molecular complexity index is 236. The average Bonchev–Trinajstić information content (AvgIpc) is 2.45. The van der Waals surface area contributed by atoms with Crippen molar-refractivity contribution in [2.45, 2.75) is 51.0 Å². The van der Waals surface area contributed by atoms with Crippen molar-refractivity contribution < 1.29 is 0 Å². The van der Waals surface area contributed by atoms with Crippen molar-refractivity contribution in [3.05, 3.63) is 0 Å². The minimum absolute atomic E-state index is 0.780. The summed E-state index contributed by atoms with van der Waals surface area (Å²) in [6.45, 7) is 6.30. The van der Waals surface area contributed by atoms with E-state index in [4.69, 9.17) is 0 Å². The van der Waals surface area contributed by atoms with Gasteiger partial charge in [-0.3, -0.25) is 0 Å². The molecule has 0 amide bonds. The Kier molecular flexibility index (Phi) is 6.62.